The van der Waals surface area contributed by atoms with Crippen molar-refractivity contribution in [2.75, 3.05) is 32.7 Å². The van der Waals surface area contributed by atoms with Crippen LogP contribution in [0, 0.1) is 0 Å². The van der Waals surface area contributed by atoms with Crippen molar-refractivity contribution in [3.05, 3.63) is 35.9 Å². The highest BCUT2D eigenvalue weighted by Gasteiger charge is 2.38. The van der Waals surface area contributed by atoms with Crippen LogP contribution in [0.15, 0.2) is 30.3 Å². The lowest BCUT2D eigenvalue weighted by molar-refractivity contribution is -0.00239. The minimum absolute atomic E-state index is 0.196. The molecule has 5 nitrogen and oxygen atoms in total. The molecule has 3 rings (SSSR count). The molecule has 0 radical (unpaired) electrons. The minimum Gasteiger partial charge on any atom is -0.445 e. The van der Waals surface area contributed by atoms with Crippen LogP contribution in [-0.4, -0.2) is 60.7 Å². The van der Waals surface area contributed by atoms with Crippen LogP contribution in [0.3, 0.4) is 0 Å². The van der Waals surface area contributed by atoms with Crippen molar-refractivity contribution >= 4 is 6.09 Å². The molecule has 0 aliphatic carbocycles. The predicted molar refractivity (Wildman–Crippen MR) is 81.0 cm³/mol. The highest BCUT2D eigenvalue weighted by atomic mass is 16.6. The highest BCUT2D eigenvalue weighted by molar-refractivity contribution is 5.68. The fraction of sp³-hybridized carbons (Fsp3) is 0.562. The molecule has 0 aromatic heterocycles. The Labute approximate surface area is 125 Å². The van der Waals surface area contributed by atoms with Gasteiger partial charge in [0, 0.05) is 44.8 Å². The fourth-order valence-electron chi connectivity index (χ4n) is 3.02. The summed E-state index contributed by atoms with van der Waals surface area (Å²) < 4.78 is 5.35. The number of carbonyl (C=O) groups is 1. The van der Waals surface area contributed by atoms with E-state index in [2.05, 4.69) is 17.1 Å². The second kappa shape index (κ2) is 6.45. The maximum absolute atomic E-state index is 12.0. The third-order valence-electron chi connectivity index (χ3n) is 4.35. The normalized spacial score (nSPS) is 23.7. The second-order valence-electron chi connectivity index (χ2n) is 5.89. The molecule has 1 atom stereocenters. The Bertz CT molecular complexity index is 474. The summed E-state index contributed by atoms with van der Waals surface area (Å²) in [6.45, 7) is 7.32. The number of piperazine rings is 1. The van der Waals surface area contributed by atoms with Crippen LogP contribution in [0.2, 0.25) is 0 Å². The lowest BCUT2D eigenvalue weighted by Gasteiger charge is -2.48. The molecule has 1 N–H and O–H groups in total. The van der Waals surface area contributed by atoms with Crippen LogP contribution >= 0.6 is 0 Å². The Morgan fingerprint density at radius 2 is 2.10 bits per heavy atom. The maximum Gasteiger partial charge on any atom is 0.410 e. The molecule has 5 heteroatoms. The number of benzene rings is 1. The van der Waals surface area contributed by atoms with Crippen molar-refractivity contribution in [3.63, 3.8) is 0 Å². The van der Waals surface area contributed by atoms with Gasteiger partial charge in [-0.15, -0.1) is 0 Å². The first-order valence-corrected chi connectivity index (χ1v) is 7.66. The van der Waals surface area contributed by atoms with Crippen molar-refractivity contribution in [1.29, 1.82) is 0 Å². The van der Waals surface area contributed by atoms with E-state index in [1.54, 1.807) is 4.90 Å². The molecular formula is C16H23N3O2. The van der Waals surface area contributed by atoms with Gasteiger partial charge >= 0.3 is 6.09 Å². The lowest BCUT2D eigenvalue weighted by Crippen LogP contribution is -2.66. The molecular weight excluding hydrogens is 266 g/mol. The number of carbonyl (C=O) groups excluding carboxylic acids is 1. The zero-order valence-electron chi connectivity index (χ0n) is 12.5. The number of ether oxygens (including phenoxy) is 1. The van der Waals surface area contributed by atoms with E-state index in [1.165, 1.54) is 0 Å². The number of rotatable bonds is 3. The number of nitrogens with zero attached hydrogens (tertiary/aromatic N) is 2. The predicted octanol–water partition coefficient (Wildman–Crippen LogP) is 1.30. The zero-order valence-corrected chi connectivity index (χ0v) is 12.5. The van der Waals surface area contributed by atoms with Gasteiger partial charge in [-0.3, -0.25) is 4.90 Å². The number of amides is 1. The molecule has 0 bridgehead atoms. The van der Waals surface area contributed by atoms with Gasteiger partial charge in [0.25, 0.3) is 0 Å². The largest absolute Gasteiger partial charge is 0.445 e. The number of hydrogen-bond acceptors (Lipinski definition) is 4. The molecule has 1 amide bonds. The van der Waals surface area contributed by atoms with E-state index < -0.39 is 0 Å². The van der Waals surface area contributed by atoms with Gasteiger partial charge in [0.1, 0.15) is 6.61 Å². The Morgan fingerprint density at radius 3 is 2.81 bits per heavy atom. The van der Waals surface area contributed by atoms with E-state index in [4.69, 9.17) is 4.74 Å². The van der Waals surface area contributed by atoms with Crippen LogP contribution in [0.4, 0.5) is 4.79 Å². The Hall–Kier alpha value is -1.59. The molecule has 1 aromatic carbocycles. The monoisotopic (exact) mass is 289 g/mol. The molecule has 2 aliphatic rings. The van der Waals surface area contributed by atoms with Gasteiger partial charge < -0.3 is 15.0 Å². The number of likely N-dealkylation sites (tertiary alicyclic amines) is 1. The van der Waals surface area contributed by atoms with Crippen LogP contribution < -0.4 is 5.32 Å². The van der Waals surface area contributed by atoms with Gasteiger partial charge in [-0.25, -0.2) is 4.79 Å². The summed E-state index contributed by atoms with van der Waals surface area (Å²) in [6, 6.07) is 10.8. The summed E-state index contributed by atoms with van der Waals surface area (Å²) >= 11 is 0. The third-order valence-corrected chi connectivity index (χ3v) is 4.35. The molecule has 0 unspecified atom stereocenters. The standard InChI is InChI=1S/C16H23N3O2/c1-13-9-17-7-8-19(13)15-10-18(11-15)16(20)21-12-14-5-3-2-4-6-14/h2-6,13,15,17H,7-12H2,1H3/t13-/m0/s1. The molecule has 2 aliphatic heterocycles. The topological polar surface area (TPSA) is 44.8 Å². The molecule has 1 aromatic rings. The minimum atomic E-state index is -0.196. The quantitative estimate of drug-likeness (QED) is 0.911. The summed E-state index contributed by atoms with van der Waals surface area (Å²) in [5, 5.41) is 3.39. The van der Waals surface area contributed by atoms with E-state index in [0.717, 1.165) is 38.3 Å². The number of hydrogen-bond donors (Lipinski definition) is 1. The molecule has 2 heterocycles. The Morgan fingerprint density at radius 1 is 1.33 bits per heavy atom. The van der Waals surface area contributed by atoms with Gasteiger partial charge in [0.2, 0.25) is 0 Å². The summed E-state index contributed by atoms with van der Waals surface area (Å²) in [4.78, 5) is 16.3. The zero-order chi connectivity index (χ0) is 14.7. The molecule has 2 saturated heterocycles. The van der Waals surface area contributed by atoms with Crippen molar-refractivity contribution in [1.82, 2.24) is 15.1 Å². The fourth-order valence-corrected chi connectivity index (χ4v) is 3.02. The average Bonchev–Trinajstić information content (AvgIpc) is 2.47. The van der Waals surface area contributed by atoms with E-state index in [9.17, 15) is 4.79 Å². The van der Waals surface area contributed by atoms with Crippen LogP contribution in [-0.2, 0) is 11.3 Å². The van der Waals surface area contributed by atoms with Gasteiger partial charge in [-0.2, -0.15) is 0 Å². The van der Waals surface area contributed by atoms with Crippen LogP contribution in [0.1, 0.15) is 12.5 Å². The van der Waals surface area contributed by atoms with Crippen molar-refractivity contribution in [2.24, 2.45) is 0 Å². The molecule has 0 spiro atoms. The van der Waals surface area contributed by atoms with Crippen molar-refractivity contribution in [2.45, 2.75) is 25.6 Å². The van der Waals surface area contributed by atoms with E-state index in [-0.39, 0.29) is 6.09 Å². The van der Waals surface area contributed by atoms with Gasteiger partial charge in [-0.1, -0.05) is 30.3 Å². The molecule has 114 valence electrons. The van der Waals surface area contributed by atoms with E-state index in [0.29, 0.717) is 18.7 Å². The van der Waals surface area contributed by atoms with Crippen molar-refractivity contribution < 1.29 is 9.53 Å². The van der Waals surface area contributed by atoms with Crippen LogP contribution in [0.25, 0.3) is 0 Å². The Kier molecular flexibility index (Phi) is 4.41. The van der Waals surface area contributed by atoms with Gasteiger partial charge in [0.05, 0.1) is 0 Å². The van der Waals surface area contributed by atoms with Crippen LogP contribution in [0.5, 0.6) is 0 Å². The molecule has 21 heavy (non-hydrogen) atoms. The first-order valence-electron chi connectivity index (χ1n) is 7.66. The summed E-state index contributed by atoms with van der Waals surface area (Å²) in [7, 11) is 0. The summed E-state index contributed by atoms with van der Waals surface area (Å²) in [6.07, 6.45) is -0.196. The van der Waals surface area contributed by atoms with Gasteiger partial charge in [0.15, 0.2) is 0 Å². The summed E-state index contributed by atoms with van der Waals surface area (Å²) in [5.41, 5.74) is 1.03. The highest BCUT2D eigenvalue weighted by Crippen LogP contribution is 2.19. The first kappa shape index (κ1) is 14.4. The molecule has 2 fully saturated rings. The van der Waals surface area contributed by atoms with Crippen molar-refractivity contribution in [3.8, 4) is 0 Å². The average molecular weight is 289 g/mol. The SMILES string of the molecule is C[C@H]1CNCCN1C1CN(C(=O)OCc2ccccc2)C1. The summed E-state index contributed by atoms with van der Waals surface area (Å²) in [5.74, 6) is 0. The van der Waals surface area contributed by atoms with E-state index in [1.807, 2.05) is 30.3 Å². The van der Waals surface area contributed by atoms with E-state index >= 15 is 0 Å². The smallest absolute Gasteiger partial charge is 0.410 e. The molecule has 0 saturated carbocycles. The number of nitrogens with one attached hydrogen (secondary N) is 1. The Balaban J connectivity index is 1.42. The van der Waals surface area contributed by atoms with Gasteiger partial charge in [-0.05, 0) is 12.5 Å². The second-order valence-corrected chi connectivity index (χ2v) is 5.89. The lowest BCUT2D eigenvalue weighted by atomic mass is 10.0. The maximum atomic E-state index is 12.0. The first-order chi connectivity index (χ1) is 10.2. The third kappa shape index (κ3) is 3.36.